The average molecular weight is 360 g/mol. The molecule has 0 aliphatic heterocycles. The predicted octanol–water partition coefficient (Wildman–Crippen LogP) is 5.81. The Balaban J connectivity index is 2.06. The molecule has 5 heteroatoms. The standard InChI is InChI=1S/C22H17FN2O2/c1-12-7-8-16-17(9-12)22(24-20-6-4-5-19(23)14(20)3)18-11-15(25(26)27)10-13(2)21(16)18/h4-11H,1-3H3. The first-order valence-electron chi connectivity index (χ1n) is 8.61. The van der Waals surface area contributed by atoms with Crippen LogP contribution < -0.4 is 0 Å². The van der Waals surface area contributed by atoms with Gasteiger partial charge in [-0.15, -0.1) is 0 Å². The third-order valence-electron chi connectivity index (χ3n) is 4.96. The van der Waals surface area contributed by atoms with Crippen molar-refractivity contribution >= 4 is 17.1 Å². The van der Waals surface area contributed by atoms with Gasteiger partial charge in [0.15, 0.2) is 0 Å². The number of nitro benzene ring substituents is 1. The molecule has 0 atom stereocenters. The molecule has 27 heavy (non-hydrogen) atoms. The molecule has 0 amide bonds. The van der Waals surface area contributed by atoms with Gasteiger partial charge in [-0.2, -0.15) is 0 Å². The first-order chi connectivity index (χ1) is 12.9. The molecule has 0 spiro atoms. The van der Waals surface area contributed by atoms with Crippen molar-refractivity contribution in [3.63, 3.8) is 0 Å². The highest BCUT2D eigenvalue weighted by Gasteiger charge is 2.29. The number of nitro groups is 1. The van der Waals surface area contributed by atoms with E-state index >= 15 is 0 Å². The highest BCUT2D eigenvalue weighted by Crippen LogP contribution is 2.42. The maximum atomic E-state index is 14.0. The maximum Gasteiger partial charge on any atom is 0.270 e. The van der Waals surface area contributed by atoms with E-state index in [4.69, 9.17) is 4.99 Å². The van der Waals surface area contributed by atoms with Crippen molar-refractivity contribution < 1.29 is 9.31 Å². The largest absolute Gasteiger partial charge is 0.270 e. The molecule has 134 valence electrons. The van der Waals surface area contributed by atoms with Crippen LogP contribution >= 0.6 is 0 Å². The van der Waals surface area contributed by atoms with Crippen LogP contribution in [0, 0.1) is 36.7 Å². The van der Waals surface area contributed by atoms with Crippen LogP contribution in [0.3, 0.4) is 0 Å². The Morgan fingerprint density at radius 2 is 1.74 bits per heavy atom. The molecule has 0 unspecified atom stereocenters. The van der Waals surface area contributed by atoms with Crippen molar-refractivity contribution in [3.05, 3.63) is 92.3 Å². The third-order valence-corrected chi connectivity index (χ3v) is 4.96. The minimum atomic E-state index is -0.396. The Kier molecular flexibility index (Phi) is 3.88. The summed E-state index contributed by atoms with van der Waals surface area (Å²) in [6, 6.07) is 14.0. The second kappa shape index (κ2) is 6.13. The summed E-state index contributed by atoms with van der Waals surface area (Å²) in [6.07, 6.45) is 0. The van der Waals surface area contributed by atoms with Crippen molar-refractivity contribution in [2.75, 3.05) is 0 Å². The SMILES string of the molecule is Cc1ccc2c(c1)C(=Nc1cccc(F)c1C)c1cc([N+](=O)[O-])cc(C)c1-2. The van der Waals surface area contributed by atoms with Crippen LogP contribution in [0.5, 0.6) is 0 Å². The normalized spacial score (nSPS) is 13.6. The van der Waals surface area contributed by atoms with Gasteiger partial charge in [0.05, 0.1) is 16.3 Å². The van der Waals surface area contributed by atoms with Crippen molar-refractivity contribution in [3.8, 4) is 11.1 Å². The van der Waals surface area contributed by atoms with Crippen LogP contribution in [0.2, 0.25) is 0 Å². The lowest BCUT2D eigenvalue weighted by Gasteiger charge is -2.06. The van der Waals surface area contributed by atoms with Crippen LogP contribution in [0.1, 0.15) is 27.8 Å². The second-order valence-electron chi connectivity index (χ2n) is 6.84. The van der Waals surface area contributed by atoms with Gasteiger partial charge >= 0.3 is 0 Å². The number of rotatable bonds is 2. The highest BCUT2D eigenvalue weighted by atomic mass is 19.1. The van der Waals surface area contributed by atoms with Crippen LogP contribution in [0.4, 0.5) is 15.8 Å². The Bertz CT molecular complexity index is 1150. The molecule has 4 rings (SSSR count). The Hall–Kier alpha value is -3.34. The maximum absolute atomic E-state index is 14.0. The van der Waals surface area contributed by atoms with Gasteiger partial charge < -0.3 is 0 Å². The van der Waals surface area contributed by atoms with Crippen LogP contribution in [-0.4, -0.2) is 10.6 Å². The Morgan fingerprint density at radius 3 is 2.48 bits per heavy atom. The fourth-order valence-corrected chi connectivity index (χ4v) is 3.59. The van der Waals surface area contributed by atoms with Crippen molar-refractivity contribution in [1.29, 1.82) is 0 Å². The van der Waals surface area contributed by atoms with Gasteiger partial charge in [-0.1, -0.05) is 23.8 Å². The summed E-state index contributed by atoms with van der Waals surface area (Å²) in [5, 5.41) is 11.4. The summed E-state index contributed by atoms with van der Waals surface area (Å²) >= 11 is 0. The lowest BCUT2D eigenvalue weighted by atomic mass is 9.99. The number of halogens is 1. The number of hydrogen-bond donors (Lipinski definition) is 0. The smallest absolute Gasteiger partial charge is 0.258 e. The summed E-state index contributed by atoms with van der Waals surface area (Å²) in [6.45, 7) is 5.54. The fourth-order valence-electron chi connectivity index (χ4n) is 3.59. The molecule has 1 aliphatic carbocycles. The number of non-ortho nitro benzene ring substituents is 1. The van der Waals surface area contributed by atoms with E-state index in [1.54, 1.807) is 31.2 Å². The first kappa shape index (κ1) is 17.1. The molecule has 0 fully saturated rings. The fraction of sp³-hybridized carbons (Fsp3) is 0.136. The lowest BCUT2D eigenvalue weighted by molar-refractivity contribution is -0.384. The van der Waals surface area contributed by atoms with E-state index in [2.05, 4.69) is 0 Å². The first-order valence-corrected chi connectivity index (χ1v) is 8.61. The Morgan fingerprint density at radius 1 is 0.963 bits per heavy atom. The van der Waals surface area contributed by atoms with E-state index in [1.807, 2.05) is 32.0 Å². The molecule has 0 radical (unpaired) electrons. The minimum Gasteiger partial charge on any atom is -0.258 e. The molecule has 0 aromatic heterocycles. The molecule has 0 N–H and O–H groups in total. The molecule has 0 bridgehead atoms. The van der Waals surface area contributed by atoms with E-state index in [9.17, 15) is 14.5 Å². The lowest BCUT2D eigenvalue weighted by Crippen LogP contribution is -2.00. The minimum absolute atomic E-state index is 0.0273. The van der Waals surface area contributed by atoms with Crippen LogP contribution in [-0.2, 0) is 0 Å². The summed E-state index contributed by atoms with van der Waals surface area (Å²) in [4.78, 5) is 15.7. The number of aliphatic imine (C=N–C) groups is 1. The van der Waals surface area contributed by atoms with E-state index in [-0.39, 0.29) is 11.5 Å². The van der Waals surface area contributed by atoms with Gasteiger partial charge in [0.2, 0.25) is 0 Å². The number of aryl methyl sites for hydroxylation is 2. The van der Waals surface area contributed by atoms with Crippen molar-refractivity contribution in [2.24, 2.45) is 4.99 Å². The molecule has 3 aromatic carbocycles. The van der Waals surface area contributed by atoms with Crippen LogP contribution in [0.15, 0.2) is 53.5 Å². The monoisotopic (exact) mass is 360 g/mol. The summed E-state index contributed by atoms with van der Waals surface area (Å²) < 4.78 is 14.0. The summed E-state index contributed by atoms with van der Waals surface area (Å²) in [7, 11) is 0. The van der Waals surface area contributed by atoms with E-state index in [1.165, 1.54) is 6.07 Å². The van der Waals surface area contributed by atoms with Gasteiger partial charge in [-0.25, -0.2) is 9.38 Å². The van der Waals surface area contributed by atoms with Gasteiger partial charge in [0.25, 0.3) is 5.69 Å². The van der Waals surface area contributed by atoms with Crippen molar-refractivity contribution in [1.82, 2.24) is 0 Å². The molecular weight excluding hydrogens is 343 g/mol. The number of fused-ring (bicyclic) bond motifs is 3. The molecule has 0 saturated carbocycles. The molecule has 4 nitrogen and oxygen atoms in total. The molecule has 3 aromatic rings. The number of hydrogen-bond acceptors (Lipinski definition) is 3. The van der Waals surface area contributed by atoms with Gasteiger partial charge in [0.1, 0.15) is 5.82 Å². The van der Waals surface area contributed by atoms with E-state index < -0.39 is 4.92 Å². The van der Waals surface area contributed by atoms with E-state index in [0.29, 0.717) is 22.5 Å². The van der Waals surface area contributed by atoms with E-state index in [0.717, 1.165) is 27.8 Å². The summed E-state index contributed by atoms with van der Waals surface area (Å²) in [5.74, 6) is -0.324. The average Bonchev–Trinajstić information content (AvgIpc) is 2.92. The van der Waals surface area contributed by atoms with Gasteiger partial charge in [-0.3, -0.25) is 10.1 Å². The predicted molar refractivity (Wildman–Crippen MR) is 104 cm³/mol. The second-order valence-corrected chi connectivity index (χ2v) is 6.84. The quantitative estimate of drug-likeness (QED) is 0.335. The molecule has 0 saturated heterocycles. The van der Waals surface area contributed by atoms with Gasteiger partial charge in [0, 0.05) is 28.8 Å². The topological polar surface area (TPSA) is 55.5 Å². The third kappa shape index (κ3) is 2.72. The Labute approximate surface area is 156 Å². The van der Waals surface area contributed by atoms with Crippen molar-refractivity contribution in [2.45, 2.75) is 20.8 Å². The number of benzene rings is 3. The zero-order valence-electron chi connectivity index (χ0n) is 15.2. The number of nitrogens with zero attached hydrogens (tertiary/aromatic N) is 2. The van der Waals surface area contributed by atoms with Crippen LogP contribution in [0.25, 0.3) is 11.1 Å². The zero-order valence-corrected chi connectivity index (χ0v) is 15.2. The molecule has 1 aliphatic rings. The van der Waals surface area contributed by atoms with Gasteiger partial charge in [-0.05, 0) is 55.7 Å². The zero-order chi connectivity index (χ0) is 19.3. The summed E-state index contributed by atoms with van der Waals surface area (Å²) in [5.41, 5.74) is 7.11. The molecular formula is C22H17FN2O2. The highest BCUT2D eigenvalue weighted by molar-refractivity contribution is 6.26. The molecule has 0 heterocycles.